The predicted molar refractivity (Wildman–Crippen MR) is 104 cm³/mol. The number of carbonyl (C=O) groups excluding carboxylic acids is 2. The SMILES string of the molecule is CC(=O)NCCNC(=O)c1ccc(-c2cc(=O)c3cc(C)ccc3o2)cc1. The van der Waals surface area contributed by atoms with Crippen LogP contribution in [0.5, 0.6) is 0 Å². The first-order valence-corrected chi connectivity index (χ1v) is 8.61. The van der Waals surface area contributed by atoms with Crippen molar-refractivity contribution in [1.29, 1.82) is 0 Å². The zero-order chi connectivity index (χ0) is 19.4. The molecule has 0 aliphatic carbocycles. The summed E-state index contributed by atoms with van der Waals surface area (Å²) in [6.45, 7) is 4.07. The third-order valence-electron chi connectivity index (χ3n) is 4.10. The van der Waals surface area contributed by atoms with Crippen molar-refractivity contribution < 1.29 is 14.0 Å². The Morgan fingerprint density at radius 1 is 0.963 bits per heavy atom. The second kappa shape index (κ2) is 7.86. The fourth-order valence-electron chi connectivity index (χ4n) is 2.71. The van der Waals surface area contributed by atoms with E-state index in [1.165, 1.54) is 13.0 Å². The lowest BCUT2D eigenvalue weighted by Gasteiger charge is -2.07. The van der Waals surface area contributed by atoms with E-state index in [4.69, 9.17) is 4.42 Å². The summed E-state index contributed by atoms with van der Waals surface area (Å²) in [6, 6.07) is 13.8. The predicted octanol–water partition coefficient (Wildman–Crippen LogP) is 2.63. The van der Waals surface area contributed by atoms with E-state index in [1.807, 2.05) is 13.0 Å². The maximum absolute atomic E-state index is 12.3. The molecule has 1 heterocycles. The first-order chi connectivity index (χ1) is 12.9. The number of nitrogens with one attached hydrogen (secondary N) is 2. The van der Waals surface area contributed by atoms with Gasteiger partial charge in [-0.3, -0.25) is 14.4 Å². The van der Waals surface area contributed by atoms with Crippen LogP contribution in [0.25, 0.3) is 22.3 Å². The maximum atomic E-state index is 12.3. The van der Waals surface area contributed by atoms with Crippen molar-refractivity contribution in [3.05, 3.63) is 69.9 Å². The Morgan fingerprint density at radius 2 is 1.67 bits per heavy atom. The molecule has 138 valence electrons. The van der Waals surface area contributed by atoms with E-state index in [2.05, 4.69) is 10.6 Å². The molecule has 3 rings (SSSR count). The number of fused-ring (bicyclic) bond motifs is 1. The van der Waals surface area contributed by atoms with Gasteiger partial charge >= 0.3 is 0 Å². The van der Waals surface area contributed by atoms with Crippen molar-refractivity contribution in [3.8, 4) is 11.3 Å². The van der Waals surface area contributed by atoms with Crippen molar-refractivity contribution in [2.45, 2.75) is 13.8 Å². The summed E-state index contributed by atoms with van der Waals surface area (Å²) < 4.78 is 5.85. The van der Waals surface area contributed by atoms with Crippen molar-refractivity contribution in [3.63, 3.8) is 0 Å². The van der Waals surface area contributed by atoms with Gasteiger partial charge in [-0.15, -0.1) is 0 Å². The zero-order valence-corrected chi connectivity index (χ0v) is 15.2. The van der Waals surface area contributed by atoms with E-state index in [1.54, 1.807) is 36.4 Å². The van der Waals surface area contributed by atoms with Crippen LogP contribution in [0.2, 0.25) is 0 Å². The van der Waals surface area contributed by atoms with Crippen LogP contribution in [0.15, 0.2) is 57.7 Å². The highest BCUT2D eigenvalue weighted by Crippen LogP contribution is 2.23. The Hall–Kier alpha value is -3.41. The largest absolute Gasteiger partial charge is 0.456 e. The summed E-state index contributed by atoms with van der Waals surface area (Å²) in [7, 11) is 0. The number of aryl methyl sites for hydroxylation is 1. The second-order valence-corrected chi connectivity index (χ2v) is 6.29. The minimum Gasteiger partial charge on any atom is -0.456 e. The van der Waals surface area contributed by atoms with Crippen LogP contribution in [-0.4, -0.2) is 24.9 Å². The Kier molecular flexibility index (Phi) is 5.35. The van der Waals surface area contributed by atoms with Gasteiger partial charge in [-0.1, -0.05) is 23.8 Å². The molecule has 0 unspecified atom stereocenters. The van der Waals surface area contributed by atoms with Gasteiger partial charge in [-0.05, 0) is 31.2 Å². The van der Waals surface area contributed by atoms with E-state index in [0.717, 1.165) is 5.56 Å². The minimum atomic E-state index is -0.234. The highest BCUT2D eigenvalue weighted by Gasteiger charge is 2.09. The molecule has 1 aromatic heterocycles. The molecule has 0 spiro atoms. The number of benzene rings is 2. The van der Waals surface area contributed by atoms with E-state index in [9.17, 15) is 14.4 Å². The molecule has 0 bridgehead atoms. The molecule has 2 amide bonds. The first kappa shape index (κ1) is 18.4. The quantitative estimate of drug-likeness (QED) is 0.681. The number of hydrogen-bond acceptors (Lipinski definition) is 4. The lowest BCUT2D eigenvalue weighted by molar-refractivity contribution is -0.118. The van der Waals surface area contributed by atoms with E-state index < -0.39 is 0 Å². The topological polar surface area (TPSA) is 88.4 Å². The smallest absolute Gasteiger partial charge is 0.251 e. The van der Waals surface area contributed by atoms with Crippen LogP contribution < -0.4 is 16.1 Å². The van der Waals surface area contributed by atoms with Crippen molar-refractivity contribution in [2.24, 2.45) is 0 Å². The Bertz CT molecular complexity index is 1050. The second-order valence-electron chi connectivity index (χ2n) is 6.29. The highest BCUT2D eigenvalue weighted by molar-refractivity contribution is 5.94. The molecular weight excluding hydrogens is 344 g/mol. The third-order valence-corrected chi connectivity index (χ3v) is 4.10. The Balaban J connectivity index is 1.76. The average Bonchev–Trinajstić information content (AvgIpc) is 2.65. The summed E-state index contributed by atoms with van der Waals surface area (Å²) in [5.41, 5.74) is 2.62. The fraction of sp³-hybridized carbons (Fsp3) is 0.190. The summed E-state index contributed by atoms with van der Waals surface area (Å²) in [6.07, 6.45) is 0. The van der Waals surface area contributed by atoms with Crippen LogP contribution in [0.4, 0.5) is 0 Å². The van der Waals surface area contributed by atoms with Gasteiger partial charge in [-0.2, -0.15) is 0 Å². The van der Waals surface area contributed by atoms with Gasteiger partial charge < -0.3 is 15.1 Å². The van der Waals surface area contributed by atoms with Crippen LogP contribution in [-0.2, 0) is 4.79 Å². The molecule has 27 heavy (non-hydrogen) atoms. The van der Waals surface area contributed by atoms with Crippen LogP contribution in [0.3, 0.4) is 0 Å². The average molecular weight is 364 g/mol. The molecule has 6 nitrogen and oxygen atoms in total. The van der Waals surface area contributed by atoms with E-state index in [-0.39, 0.29) is 17.2 Å². The van der Waals surface area contributed by atoms with Crippen LogP contribution >= 0.6 is 0 Å². The molecule has 0 atom stereocenters. The molecule has 0 radical (unpaired) electrons. The normalized spacial score (nSPS) is 10.6. The lowest BCUT2D eigenvalue weighted by Crippen LogP contribution is -2.33. The Labute approximate surface area is 156 Å². The number of rotatable bonds is 5. The number of amides is 2. The Morgan fingerprint density at radius 3 is 2.37 bits per heavy atom. The zero-order valence-electron chi connectivity index (χ0n) is 15.2. The summed E-state index contributed by atoms with van der Waals surface area (Å²) in [5, 5.41) is 5.89. The van der Waals surface area contributed by atoms with Gasteiger partial charge in [0, 0.05) is 37.2 Å². The lowest BCUT2D eigenvalue weighted by atomic mass is 10.1. The first-order valence-electron chi connectivity index (χ1n) is 8.61. The van der Waals surface area contributed by atoms with E-state index in [0.29, 0.717) is 40.9 Å². The van der Waals surface area contributed by atoms with Crippen molar-refractivity contribution in [1.82, 2.24) is 10.6 Å². The fourth-order valence-corrected chi connectivity index (χ4v) is 2.71. The van der Waals surface area contributed by atoms with Crippen LogP contribution in [0.1, 0.15) is 22.8 Å². The maximum Gasteiger partial charge on any atom is 0.251 e. The minimum absolute atomic E-state index is 0.102. The molecule has 3 aromatic rings. The molecule has 0 aliphatic rings. The third kappa shape index (κ3) is 4.41. The molecule has 2 aromatic carbocycles. The van der Waals surface area contributed by atoms with Crippen LogP contribution in [0, 0.1) is 6.92 Å². The number of carbonyl (C=O) groups is 2. The standard InChI is InChI=1S/C21H20N2O4/c1-13-3-8-19-17(11-13)18(25)12-20(27-19)15-4-6-16(7-5-15)21(26)23-10-9-22-14(2)24/h3-8,11-12H,9-10H2,1-2H3,(H,22,24)(H,23,26). The van der Waals surface area contributed by atoms with Gasteiger partial charge in [0.2, 0.25) is 5.91 Å². The van der Waals surface area contributed by atoms with E-state index >= 15 is 0 Å². The summed E-state index contributed by atoms with van der Waals surface area (Å²) in [5.74, 6) is 0.0805. The molecule has 0 aliphatic heterocycles. The molecule has 6 heteroatoms. The van der Waals surface area contributed by atoms with Crippen molar-refractivity contribution in [2.75, 3.05) is 13.1 Å². The molecule has 0 fully saturated rings. The van der Waals surface area contributed by atoms with Crippen molar-refractivity contribution >= 4 is 22.8 Å². The van der Waals surface area contributed by atoms with Gasteiger partial charge in [-0.25, -0.2) is 0 Å². The highest BCUT2D eigenvalue weighted by atomic mass is 16.3. The van der Waals surface area contributed by atoms with Gasteiger partial charge in [0.1, 0.15) is 11.3 Å². The van der Waals surface area contributed by atoms with Gasteiger partial charge in [0.05, 0.1) is 5.39 Å². The molecule has 2 N–H and O–H groups in total. The summed E-state index contributed by atoms with van der Waals surface area (Å²) in [4.78, 5) is 35.2. The molecular formula is C21H20N2O4. The molecule has 0 saturated carbocycles. The monoisotopic (exact) mass is 364 g/mol. The summed E-state index contributed by atoms with van der Waals surface area (Å²) >= 11 is 0. The molecule has 0 saturated heterocycles. The van der Waals surface area contributed by atoms with Gasteiger partial charge in [0.15, 0.2) is 5.43 Å². The number of hydrogen-bond donors (Lipinski definition) is 2. The van der Waals surface area contributed by atoms with Gasteiger partial charge in [0.25, 0.3) is 5.91 Å².